The molecule has 0 aliphatic carbocycles. The van der Waals surface area contributed by atoms with Gasteiger partial charge >= 0.3 is 0 Å². The van der Waals surface area contributed by atoms with Crippen molar-refractivity contribution in [3.05, 3.63) is 23.2 Å². The zero-order valence-corrected chi connectivity index (χ0v) is 12.9. The predicted molar refractivity (Wildman–Crippen MR) is 83.1 cm³/mol. The predicted octanol–water partition coefficient (Wildman–Crippen LogP) is 2.22. The van der Waals surface area contributed by atoms with Crippen LogP contribution >= 0.6 is 11.6 Å². The molecule has 0 saturated carbocycles. The van der Waals surface area contributed by atoms with Crippen LogP contribution in [0.3, 0.4) is 0 Å². The molecule has 0 aliphatic rings. The molecule has 0 saturated heterocycles. The third kappa shape index (κ3) is 4.67. The first kappa shape index (κ1) is 16.8. The van der Waals surface area contributed by atoms with Crippen LogP contribution in [-0.2, 0) is 9.53 Å². The lowest BCUT2D eigenvalue weighted by Crippen LogP contribution is -2.43. The topological polar surface area (TPSA) is 67.6 Å². The Labute approximate surface area is 125 Å². The number of halogens is 1. The van der Waals surface area contributed by atoms with Gasteiger partial charge in [0.2, 0.25) is 5.91 Å². The van der Waals surface area contributed by atoms with E-state index in [2.05, 4.69) is 5.32 Å². The van der Waals surface area contributed by atoms with Crippen molar-refractivity contribution in [1.82, 2.24) is 4.90 Å². The number of likely N-dealkylation sites (N-methyl/N-ethyl adjacent to an activating group) is 1. The Bertz CT molecular complexity index is 454. The van der Waals surface area contributed by atoms with Crippen molar-refractivity contribution >= 4 is 28.9 Å². The van der Waals surface area contributed by atoms with Crippen molar-refractivity contribution < 1.29 is 9.53 Å². The Morgan fingerprint density at radius 3 is 2.80 bits per heavy atom. The first-order valence-corrected chi connectivity index (χ1v) is 6.96. The molecule has 0 fully saturated rings. The summed E-state index contributed by atoms with van der Waals surface area (Å²) in [5.74, 6) is -0.100. The summed E-state index contributed by atoms with van der Waals surface area (Å²) in [4.78, 5) is 14.3. The fourth-order valence-corrected chi connectivity index (χ4v) is 2.07. The highest BCUT2D eigenvalue weighted by molar-refractivity contribution is 6.31. The van der Waals surface area contributed by atoms with Crippen LogP contribution in [0.5, 0.6) is 0 Å². The van der Waals surface area contributed by atoms with E-state index in [4.69, 9.17) is 22.1 Å². The van der Waals surface area contributed by atoms with E-state index < -0.39 is 0 Å². The molecule has 1 aromatic carbocycles. The van der Waals surface area contributed by atoms with E-state index in [9.17, 15) is 4.79 Å². The lowest BCUT2D eigenvalue weighted by Gasteiger charge is -2.26. The number of nitrogen functional groups attached to an aromatic ring is 1. The molecule has 0 heterocycles. The second-order valence-electron chi connectivity index (χ2n) is 4.52. The number of hydrogen-bond donors (Lipinski definition) is 2. The molecule has 5 nitrogen and oxygen atoms in total. The molecule has 1 amide bonds. The number of amides is 1. The van der Waals surface area contributed by atoms with Crippen molar-refractivity contribution in [2.24, 2.45) is 0 Å². The molecule has 1 unspecified atom stereocenters. The maximum absolute atomic E-state index is 12.2. The van der Waals surface area contributed by atoms with Gasteiger partial charge < -0.3 is 15.8 Å². The summed E-state index contributed by atoms with van der Waals surface area (Å²) in [7, 11) is 1.65. The monoisotopic (exact) mass is 299 g/mol. The van der Waals surface area contributed by atoms with Gasteiger partial charge in [-0.15, -0.1) is 0 Å². The van der Waals surface area contributed by atoms with Gasteiger partial charge in [0, 0.05) is 18.7 Å². The van der Waals surface area contributed by atoms with E-state index in [0.29, 0.717) is 29.5 Å². The Kier molecular flexibility index (Phi) is 6.78. The lowest BCUT2D eigenvalue weighted by molar-refractivity contribution is -0.120. The highest BCUT2D eigenvalue weighted by atomic mass is 35.5. The van der Waals surface area contributed by atoms with Gasteiger partial charge in [0.25, 0.3) is 0 Å². The van der Waals surface area contributed by atoms with Gasteiger partial charge in [0.1, 0.15) is 0 Å². The molecule has 1 aromatic rings. The smallest absolute Gasteiger partial charge is 0.241 e. The van der Waals surface area contributed by atoms with E-state index in [1.54, 1.807) is 25.3 Å². The average molecular weight is 300 g/mol. The summed E-state index contributed by atoms with van der Waals surface area (Å²) < 4.78 is 5.05. The second-order valence-corrected chi connectivity index (χ2v) is 4.95. The molecular weight excluding hydrogens is 278 g/mol. The SMILES string of the molecule is CCN(CCOC)C(C)C(=O)Nc1ccc(Cl)cc1N. The summed E-state index contributed by atoms with van der Waals surface area (Å²) in [5.41, 5.74) is 6.86. The molecule has 112 valence electrons. The van der Waals surface area contributed by atoms with Crippen LogP contribution in [0, 0.1) is 0 Å². The maximum atomic E-state index is 12.2. The van der Waals surface area contributed by atoms with Gasteiger partial charge in [0.15, 0.2) is 0 Å². The van der Waals surface area contributed by atoms with Gasteiger partial charge in [-0.1, -0.05) is 18.5 Å². The molecule has 1 rings (SSSR count). The Hall–Kier alpha value is -1.30. The van der Waals surface area contributed by atoms with Crippen molar-refractivity contribution in [2.45, 2.75) is 19.9 Å². The Morgan fingerprint density at radius 2 is 2.25 bits per heavy atom. The number of benzene rings is 1. The van der Waals surface area contributed by atoms with E-state index in [-0.39, 0.29) is 11.9 Å². The molecule has 0 spiro atoms. The fourth-order valence-electron chi connectivity index (χ4n) is 1.88. The van der Waals surface area contributed by atoms with Crippen LogP contribution in [0.2, 0.25) is 5.02 Å². The fraction of sp³-hybridized carbons (Fsp3) is 0.500. The van der Waals surface area contributed by atoms with Crippen molar-refractivity contribution in [3.8, 4) is 0 Å². The largest absolute Gasteiger partial charge is 0.397 e. The van der Waals surface area contributed by atoms with Gasteiger partial charge in [-0.2, -0.15) is 0 Å². The molecule has 20 heavy (non-hydrogen) atoms. The minimum Gasteiger partial charge on any atom is -0.397 e. The van der Waals surface area contributed by atoms with Crippen molar-refractivity contribution in [3.63, 3.8) is 0 Å². The number of carbonyl (C=O) groups is 1. The van der Waals surface area contributed by atoms with Crippen molar-refractivity contribution in [1.29, 1.82) is 0 Å². The van der Waals surface area contributed by atoms with Crippen LogP contribution < -0.4 is 11.1 Å². The van der Waals surface area contributed by atoms with Gasteiger partial charge in [-0.3, -0.25) is 9.69 Å². The zero-order chi connectivity index (χ0) is 15.1. The number of carbonyl (C=O) groups excluding carboxylic acids is 1. The van der Waals surface area contributed by atoms with Crippen LogP contribution in [0.4, 0.5) is 11.4 Å². The number of nitrogens with zero attached hydrogens (tertiary/aromatic N) is 1. The quantitative estimate of drug-likeness (QED) is 0.758. The van der Waals surface area contributed by atoms with Crippen LogP contribution in [0.25, 0.3) is 0 Å². The third-order valence-electron chi connectivity index (χ3n) is 3.19. The standard InChI is InChI=1S/C14H22ClN3O2/c1-4-18(7-8-20-3)10(2)14(19)17-13-6-5-11(15)9-12(13)16/h5-6,9-10H,4,7-8,16H2,1-3H3,(H,17,19). The summed E-state index contributed by atoms with van der Waals surface area (Å²) in [6.07, 6.45) is 0. The molecule has 1 atom stereocenters. The second kappa shape index (κ2) is 8.09. The minimum atomic E-state index is -0.259. The minimum absolute atomic E-state index is 0.100. The number of rotatable bonds is 7. The van der Waals surface area contributed by atoms with Crippen LogP contribution in [-0.4, -0.2) is 43.7 Å². The van der Waals surface area contributed by atoms with Crippen LogP contribution in [0.15, 0.2) is 18.2 Å². The van der Waals surface area contributed by atoms with E-state index in [1.807, 2.05) is 18.7 Å². The first-order valence-electron chi connectivity index (χ1n) is 6.58. The Balaban J connectivity index is 2.68. The first-order chi connectivity index (χ1) is 9.49. The van der Waals surface area contributed by atoms with E-state index in [1.165, 1.54) is 0 Å². The highest BCUT2D eigenvalue weighted by Crippen LogP contribution is 2.22. The third-order valence-corrected chi connectivity index (χ3v) is 3.42. The number of ether oxygens (including phenoxy) is 1. The average Bonchev–Trinajstić information content (AvgIpc) is 2.42. The highest BCUT2D eigenvalue weighted by Gasteiger charge is 2.20. The number of methoxy groups -OCH3 is 1. The molecule has 6 heteroatoms. The molecule has 0 bridgehead atoms. The summed E-state index contributed by atoms with van der Waals surface area (Å²) in [6, 6.07) is 4.75. The van der Waals surface area contributed by atoms with Gasteiger partial charge in [0.05, 0.1) is 24.0 Å². The number of anilines is 2. The molecule has 0 aromatic heterocycles. The lowest BCUT2D eigenvalue weighted by atomic mass is 10.2. The summed E-state index contributed by atoms with van der Waals surface area (Å²) in [5, 5.41) is 3.37. The molecular formula is C14H22ClN3O2. The van der Waals surface area contributed by atoms with Crippen molar-refractivity contribution in [2.75, 3.05) is 37.9 Å². The summed E-state index contributed by atoms with van der Waals surface area (Å²) in [6.45, 7) is 5.94. The Morgan fingerprint density at radius 1 is 1.55 bits per heavy atom. The van der Waals surface area contributed by atoms with Gasteiger partial charge in [-0.25, -0.2) is 0 Å². The number of hydrogen-bond acceptors (Lipinski definition) is 4. The number of nitrogens with two attached hydrogens (primary N) is 1. The molecule has 0 aliphatic heterocycles. The van der Waals surface area contributed by atoms with E-state index >= 15 is 0 Å². The van der Waals surface area contributed by atoms with Crippen LogP contribution in [0.1, 0.15) is 13.8 Å². The van der Waals surface area contributed by atoms with Gasteiger partial charge in [-0.05, 0) is 31.7 Å². The normalized spacial score (nSPS) is 12.4. The maximum Gasteiger partial charge on any atom is 0.241 e. The molecule has 0 radical (unpaired) electrons. The van der Waals surface area contributed by atoms with E-state index in [0.717, 1.165) is 6.54 Å². The zero-order valence-electron chi connectivity index (χ0n) is 12.1. The number of nitrogens with one attached hydrogen (secondary N) is 1. The molecule has 3 N–H and O–H groups in total. The summed E-state index contributed by atoms with van der Waals surface area (Å²) >= 11 is 5.83.